The molecule has 0 spiro atoms. The van der Waals surface area contributed by atoms with Gasteiger partial charge in [0.15, 0.2) is 5.96 Å². The van der Waals surface area contributed by atoms with Gasteiger partial charge in [0.05, 0.1) is 13.2 Å². The molecule has 0 atom stereocenters. The number of hydrogen-bond acceptors (Lipinski definition) is 3. The molecule has 5 nitrogen and oxygen atoms in total. The monoisotopic (exact) mass is 369 g/mol. The van der Waals surface area contributed by atoms with Crippen molar-refractivity contribution < 1.29 is 18.3 Å². The molecule has 26 heavy (non-hydrogen) atoms. The van der Waals surface area contributed by atoms with Crippen LogP contribution in [0.2, 0.25) is 0 Å². The van der Waals surface area contributed by atoms with Crippen molar-refractivity contribution in [1.29, 1.82) is 0 Å². The summed E-state index contributed by atoms with van der Waals surface area (Å²) in [4.78, 5) is 15.5. The molecule has 0 saturated carbocycles. The molecule has 7 heteroatoms. The molecular formula is C19H29F2N3O2. The van der Waals surface area contributed by atoms with E-state index in [0.29, 0.717) is 25.5 Å². The van der Waals surface area contributed by atoms with Crippen LogP contribution in [0.1, 0.15) is 51.5 Å². The number of unbranched alkanes of at least 4 members (excludes halogenated alkanes) is 3. The number of ether oxygens (including phenoxy) is 1. The van der Waals surface area contributed by atoms with Crippen molar-refractivity contribution >= 4 is 11.9 Å². The summed E-state index contributed by atoms with van der Waals surface area (Å²) in [6.45, 7) is 5.63. The highest BCUT2D eigenvalue weighted by Gasteiger charge is 2.04. The minimum absolute atomic E-state index is 0.0679. The Labute approximate surface area is 154 Å². The number of carbonyl (C=O) groups excluding carboxylic acids is 1. The average molecular weight is 369 g/mol. The zero-order chi connectivity index (χ0) is 19.2. The first-order chi connectivity index (χ1) is 12.6. The number of hydrogen-bond donors (Lipinski definition) is 2. The summed E-state index contributed by atoms with van der Waals surface area (Å²) in [5.41, 5.74) is 0.223. The Morgan fingerprint density at radius 1 is 1.12 bits per heavy atom. The van der Waals surface area contributed by atoms with Crippen LogP contribution in [0.25, 0.3) is 0 Å². The van der Waals surface area contributed by atoms with Gasteiger partial charge in [-0.25, -0.2) is 13.8 Å². The van der Waals surface area contributed by atoms with Crippen LogP contribution >= 0.6 is 0 Å². The maximum absolute atomic E-state index is 13.6. The Balaban J connectivity index is 2.30. The minimum atomic E-state index is -0.475. The molecule has 1 aromatic rings. The number of nitrogens with one attached hydrogen (secondary N) is 2. The lowest BCUT2D eigenvalue weighted by Crippen LogP contribution is -2.37. The molecule has 0 unspecified atom stereocenters. The van der Waals surface area contributed by atoms with Gasteiger partial charge in [-0.1, -0.05) is 12.8 Å². The smallest absolute Gasteiger partial charge is 0.305 e. The predicted octanol–water partition coefficient (Wildman–Crippen LogP) is 3.53. The van der Waals surface area contributed by atoms with E-state index in [-0.39, 0.29) is 18.1 Å². The van der Waals surface area contributed by atoms with E-state index >= 15 is 0 Å². The highest BCUT2D eigenvalue weighted by molar-refractivity contribution is 5.79. The molecule has 0 radical (unpaired) electrons. The zero-order valence-electron chi connectivity index (χ0n) is 15.6. The van der Waals surface area contributed by atoms with Crippen LogP contribution in [0.4, 0.5) is 8.78 Å². The number of nitrogens with zero attached hydrogens (tertiary/aromatic N) is 1. The summed E-state index contributed by atoms with van der Waals surface area (Å²) >= 11 is 0. The van der Waals surface area contributed by atoms with E-state index in [1.807, 2.05) is 6.92 Å². The number of aliphatic imine (C=N–C) groups is 1. The molecule has 1 aromatic carbocycles. The molecule has 0 aliphatic carbocycles. The first-order valence-corrected chi connectivity index (χ1v) is 9.18. The Kier molecular flexibility index (Phi) is 11.0. The minimum Gasteiger partial charge on any atom is -0.466 e. The summed E-state index contributed by atoms with van der Waals surface area (Å²) < 4.78 is 31.7. The van der Waals surface area contributed by atoms with Gasteiger partial charge in [0.25, 0.3) is 0 Å². The summed E-state index contributed by atoms with van der Waals surface area (Å²) in [5, 5.41) is 6.26. The van der Waals surface area contributed by atoms with Crippen LogP contribution in [0.5, 0.6) is 0 Å². The zero-order valence-corrected chi connectivity index (χ0v) is 15.6. The van der Waals surface area contributed by atoms with Crippen LogP contribution in [-0.4, -0.2) is 31.6 Å². The third-order valence-electron chi connectivity index (χ3n) is 3.66. The van der Waals surface area contributed by atoms with Gasteiger partial charge in [0.2, 0.25) is 0 Å². The van der Waals surface area contributed by atoms with Gasteiger partial charge in [-0.2, -0.15) is 0 Å². The van der Waals surface area contributed by atoms with Gasteiger partial charge in [0.1, 0.15) is 11.6 Å². The standard InChI is InChI=1S/C19H29F2N3O2/c1-3-22-19(24-14-15-13-16(20)10-11-17(15)21)23-12-8-6-5-7-9-18(25)26-4-2/h10-11,13H,3-9,12,14H2,1-2H3,(H2,22,23,24). The number of halogens is 2. The van der Waals surface area contributed by atoms with E-state index in [4.69, 9.17) is 4.74 Å². The van der Waals surface area contributed by atoms with Crippen LogP contribution in [-0.2, 0) is 16.1 Å². The van der Waals surface area contributed by atoms with E-state index in [2.05, 4.69) is 15.6 Å². The Hall–Kier alpha value is -2.18. The first kappa shape index (κ1) is 21.9. The Morgan fingerprint density at radius 3 is 2.62 bits per heavy atom. The molecule has 2 N–H and O–H groups in total. The van der Waals surface area contributed by atoms with Gasteiger partial charge in [-0.3, -0.25) is 4.79 Å². The van der Waals surface area contributed by atoms with Gasteiger partial charge in [-0.15, -0.1) is 0 Å². The normalized spacial score (nSPS) is 11.3. The second-order valence-corrected chi connectivity index (χ2v) is 5.83. The predicted molar refractivity (Wildman–Crippen MR) is 98.9 cm³/mol. The van der Waals surface area contributed by atoms with Crippen molar-refractivity contribution in [2.45, 2.75) is 52.5 Å². The fraction of sp³-hybridized carbons (Fsp3) is 0.579. The molecule has 0 heterocycles. The number of carbonyl (C=O) groups is 1. The average Bonchev–Trinajstić information content (AvgIpc) is 2.61. The van der Waals surface area contributed by atoms with Crippen LogP contribution in [0.15, 0.2) is 23.2 Å². The molecule has 1 rings (SSSR count). The molecule has 0 bridgehead atoms. The van der Waals surface area contributed by atoms with Crippen molar-refractivity contribution in [2.24, 2.45) is 4.99 Å². The van der Waals surface area contributed by atoms with Crippen molar-refractivity contribution in [3.8, 4) is 0 Å². The largest absolute Gasteiger partial charge is 0.466 e. The second kappa shape index (κ2) is 13.1. The van der Waals surface area contributed by atoms with Crippen molar-refractivity contribution in [1.82, 2.24) is 10.6 Å². The first-order valence-electron chi connectivity index (χ1n) is 9.18. The Morgan fingerprint density at radius 2 is 1.88 bits per heavy atom. The van der Waals surface area contributed by atoms with E-state index in [1.165, 1.54) is 0 Å². The van der Waals surface area contributed by atoms with E-state index < -0.39 is 11.6 Å². The fourth-order valence-electron chi connectivity index (χ4n) is 2.36. The third kappa shape index (κ3) is 9.34. The lowest BCUT2D eigenvalue weighted by atomic mass is 10.1. The molecule has 0 saturated heterocycles. The van der Waals surface area contributed by atoms with Gasteiger partial charge in [-0.05, 0) is 44.9 Å². The molecule has 0 aromatic heterocycles. The molecule has 0 aliphatic rings. The highest BCUT2D eigenvalue weighted by Crippen LogP contribution is 2.10. The van der Waals surface area contributed by atoms with Crippen molar-refractivity contribution in [2.75, 3.05) is 19.7 Å². The number of esters is 1. The van der Waals surface area contributed by atoms with Gasteiger partial charge in [0, 0.05) is 25.1 Å². The lowest BCUT2D eigenvalue weighted by Gasteiger charge is -2.11. The number of benzene rings is 1. The van der Waals surface area contributed by atoms with E-state index in [9.17, 15) is 13.6 Å². The third-order valence-corrected chi connectivity index (χ3v) is 3.66. The van der Waals surface area contributed by atoms with E-state index in [0.717, 1.165) is 50.4 Å². The number of guanidine groups is 1. The summed E-state index contributed by atoms with van der Waals surface area (Å²) in [6.07, 6.45) is 4.17. The van der Waals surface area contributed by atoms with Crippen LogP contribution < -0.4 is 10.6 Å². The molecular weight excluding hydrogens is 340 g/mol. The molecule has 0 amide bonds. The van der Waals surface area contributed by atoms with Gasteiger partial charge < -0.3 is 15.4 Å². The van der Waals surface area contributed by atoms with Gasteiger partial charge >= 0.3 is 5.97 Å². The lowest BCUT2D eigenvalue weighted by molar-refractivity contribution is -0.143. The molecule has 146 valence electrons. The Bertz CT molecular complexity index is 580. The summed E-state index contributed by atoms with van der Waals surface area (Å²) in [7, 11) is 0. The maximum atomic E-state index is 13.6. The SMILES string of the molecule is CCNC(=NCc1cc(F)ccc1F)NCCCCCCC(=O)OCC. The maximum Gasteiger partial charge on any atom is 0.305 e. The van der Waals surface area contributed by atoms with Crippen LogP contribution in [0, 0.1) is 11.6 Å². The van der Waals surface area contributed by atoms with Crippen molar-refractivity contribution in [3.05, 3.63) is 35.4 Å². The summed E-state index contributed by atoms with van der Waals surface area (Å²) in [5.74, 6) is -0.510. The highest BCUT2D eigenvalue weighted by atomic mass is 19.1. The number of rotatable bonds is 11. The van der Waals surface area contributed by atoms with Crippen LogP contribution in [0.3, 0.4) is 0 Å². The van der Waals surface area contributed by atoms with Crippen molar-refractivity contribution in [3.63, 3.8) is 0 Å². The molecule has 0 aliphatic heterocycles. The fourth-order valence-corrected chi connectivity index (χ4v) is 2.36. The molecule has 0 fully saturated rings. The quantitative estimate of drug-likeness (QED) is 0.271. The second-order valence-electron chi connectivity index (χ2n) is 5.83. The summed E-state index contributed by atoms with van der Waals surface area (Å²) in [6, 6.07) is 3.36. The van der Waals surface area contributed by atoms with E-state index in [1.54, 1.807) is 6.92 Å². The topological polar surface area (TPSA) is 62.7 Å².